The number of rotatable bonds is 6. The quantitative estimate of drug-likeness (QED) is 0.849. The van der Waals surface area contributed by atoms with Gasteiger partial charge in [0, 0.05) is 38.6 Å². The van der Waals surface area contributed by atoms with Crippen LogP contribution in [0.25, 0.3) is 0 Å². The summed E-state index contributed by atoms with van der Waals surface area (Å²) in [6, 6.07) is 3.90. The second kappa shape index (κ2) is 7.97. The van der Waals surface area contributed by atoms with Crippen LogP contribution in [-0.4, -0.2) is 48.1 Å². The Labute approximate surface area is 120 Å². The third-order valence-electron chi connectivity index (χ3n) is 3.35. The predicted molar refractivity (Wildman–Crippen MR) is 77.2 cm³/mol. The van der Waals surface area contributed by atoms with Gasteiger partial charge in [0.05, 0.1) is 19.1 Å². The van der Waals surface area contributed by atoms with Crippen LogP contribution in [0.3, 0.4) is 0 Å². The van der Waals surface area contributed by atoms with Crippen molar-refractivity contribution in [1.82, 2.24) is 15.2 Å². The van der Waals surface area contributed by atoms with Gasteiger partial charge in [0.1, 0.15) is 0 Å². The Morgan fingerprint density at radius 3 is 3.15 bits per heavy atom. The number of carbonyl (C=O) groups is 1. The van der Waals surface area contributed by atoms with E-state index in [4.69, 9.17) is 4.74 Å². The fourth-order valence-corrected chi connectivity index (χ4v) is 2.35. The number of aromatic nitrogens is 1. The molecule has 110 valence electrons. The number of morpholine rings is 1. The Morgan fingerprint density at radius 1 is 1.60 bits per heavy atom. The number of hydrogen-bond donors (Lipinski definition) is 1. The van der Waals surface area contributed by atoms with Crippen LogP contribution in [0.5, 0.6) is 0 Å². The molecule has 1 amide bonds. The summed E-state index contributed by atoms with van der Waals surface area (Å²) >= 11 is 0. The maximum absolute atomic E-state index is 12.4. The van der Waals surface area contributed by atoms with Crippen LogP contribution in [0.1, 0.15) is 25.3 Å². The van der Waals surface area contributed by atoms with E-state index in [1.165, 1.54) is 0 Å². The largest absolute Gasteiger partial charge is 0.375 e. The molecule has 0 spiro atoms. The van der Waals surface area contributed by atoms with Crippen LogP contribution in [0.4, 0.5) is 0 Å². The number of nitrogens with one attached hydrogen (secondary N) is 1. The lowest BCUT2D eigenvalue weighted by Gasteiger charge is -2.27. The lowest BCUT2D eigenvalue weighted by molar-refractivity contribution is -0.135. The molecule has 1 N–H and O–H groups in total. The van der Waals surface area contributed by atoms with Crippen LogP contribution >= 0.6 is 0 Å². The van der Waals surface area contributed by atoms with Crippen LogP contribution in [-0.2, 0) is 16.1 Å². The maximum Gasteiger partial charge on any atom is 0.225 e. The van der Waals surface area contributed by atoms with Gasteiger partial charge < -0.3 is 15.0 Å². The summed E-state index contributed by atoms with van der Waals surface area (Å²) in [4.78, 5) is 18.4. The first-order valence-electron chi connectivity index (χ1n) is 7.28. The Bertz CT molecular complexity index is 405. The highest BCUT2D eigenvalue weighted by molar-refractivity contribution is 5.76. The second-order valence-electron chi connectivity index (χ2n) is 5.08. The zero-order valence-electron chi connectivity index (χ0n) is 12.0. The summed E-state index contributed by atoms with van der Waals surface area (Å²) in [6.45, 7) is 5.81. The number of amides is 1. The van der Waals surface area contributed by atoms with Crippen LogP contribution < -0.4 is 5.32 Å². The molecule has 1 unspecified atom stereocenters. The molecule has 1 aliphatic heterocycles. The lowest BCUT2D eigenvalue weighted by atomic mass is 10.2. The number of ether oxygens (including phenoxy) is 1. The molecule has 2 rings (SSSR count). The molecule has 20 heavy (non-hydrogen) atoms. The molecule has 1 aromatic heterocycles. The SMILES string of the molecule is CCCN(Cc1cccnc1)C(=O)CC1CNCCO1. The second-order valence-corrected chi connectivity index (χ2v) is 5.08. The molecule has 1 aromatic rings. The van der Waals surface area contributed by atoms with Crippen molar-refractivity contribution in [2.24, 2.45) is 0 Å². The first-order chi connectivity index (χ1) is 9.79. The minimum absolute atomic E-state index is 0.00417. The van der Waals surface area contributed by atoms with Crippen molar-refractivity contribution < 1.29 is 9.53 Å². The summed E-state index contributed by atoms with van der Waals surface area (Å²) < 4.78 is 5.60. The molecule has 2 heterocycles. The van der Waals surface area contributed by atoms with Gasteiger partial charge in [-0.15, -0.1) is 0 Å². The lowest BCUT2D eigenvalue weighted by Crippen LogP contribution is -2.42. The fourth-order valence-electron chi connectivity index (χ4n) is 2.35. The van der Waals surface area contributed by atoms with Gasteiger partial charge in [-0.2, -0.15) is 0 Å². The molecule has 1 saturated heterocycles. The normalized spacial score (nSPS) is 18.8. The molecule has 0 aromatic carbocycles. The molecular weight excluding hydrogens is 254 g/mol. The van der Waals surface area contributed by atoms with Gasteiger partial charge in [-0.1, -0.05) is 13.0 Å². The highest BCUT2D eigenvalue weighted by atomic mass is 16.5. The van der Waals surface area contributed by atoms with Gasteiger partial charge in [0.15, 0.2) is 0 Å². The summed E-state index contributed by atoms with van der Waals surface area (Å²) in [5.41, 5.74) is 1.07. The van der Waals surface area contributed by atoms with E-state index in [-0.39, 0.29) is 12.0 Å². The van der Waals surface area contributed by atoms with Crippen LogP contribution in [0.15, 0.2) is 24.5 Å². The van der Waals surface area contributed by atoms with E-state index in [0.29, 0.717) is 19.6 Å². The molecule has 1 atom stereocenters. The van der Waals surface area contributed by atoms with Crippen molar-refractivity contribution in [1.29, 1.82) is 0 Å². The molecule has 1 fully saturated rings. The molecule has 0 radical (unpaired) electrons. The van der Waals surface area contributed by atoms with Crippen molar-refractivity contribution in [2.75, 3.05) is 26.2 Å². The molecule has 0 saturated carbocycles. The van der Waals surface area contributed by atoms with E-state index in [9.17, 15) is 4.79 Å². The topological polar surface area (TPSA) is 54.5 Å². The minimum atomic E-state index is 0.00417. The average molecular weight is 277 g/mol. The summed E-state index contributed by atoms with van der Waals surface area (Å²) in [5.74, 6) is 0.157. The third kappa shape index (κ3) is 4.58. The van der Waals surface area contributed by atoms with Crippen molar-refractivity contribution in [2.45, 2.75) is 32.4 Å². The van der Waals surface area contributed by atoms with Gasteiger partial charge in [0.2, 0.25) is 5.91 Å². The monoisotopic (exact) mass is 277 g/mol. The Kier molecular flexibility index (Phi) is 5.95. The minimum Gasteiger partial charge on any atom is -0.375 e. The van der Waals surface area contributed by atoms with Crippen molar-refractivity contribution in [3.63, 3.8) is 0 Å². The zero-order valence-corrected chi connectivity index (χ0v) is 12.0. The molecule has 1 aliphatic rings. The first kappa shape index (κ1) is 14.9. The number of carbonyl (C=O) groups excluding carboxylic acids is 1. The summed E-state index contributed by atoms with van der Waals surface area (Å²) in [7, 11) is 0. The van der Waals surface area contributed by atoms with E-state index in [1.807, 2.05) is 23.2 Å². The molecule has 5 heteroatoms. The first-order valence-corrected chi connectivity index (χ1v) is 7.28. The number of hydrogen-bond acceptors (Lipinski definition) is 4. The van der Waals surface area contributed by atoms with E-state index >= 15 is 0 Å². The highest BCUT2D eigenvalue weighted by Gasteiger charge is 2.21. The van der Waals surface area contributed by atoms with Crippen molar-refractivity contribution in [3.8, 4) is 0 Å². The van der Waals surface area contributed by atoms with Crippen LogP contribution in [0.2, 0.25) is 0 Å². The van der Waals surface area contributed by atoms with E-state index < -0.39 is 0 Å². The molecule has 0 aliphatic carbocycles. The molecular formula is C15H23N3O2. The maximum atomic E-state index is 12.4. The third-order valence-corrected chi connectivity index (χ3v) is 3.35. The Hall–Kier alpha value is -1.46. The van der Waals surface area contributed by atoms with Gasteiger partial charge in [0.25, 0.3) is 0 Å². The van der Waals surface area contributed by atoms with E-state index in [0.717, 1.165) is 31.6 Å². The zero-order chi connectivity index (χ0) is 14.2. The van der Waals surface area contributed by atoms with Gasteiger partial charge >= 0.3 is 0 Å². The average Bonchev–Trinajstić information content (AvgIpc) is 2.49. The van der Waals surface area contributed by atoms with Gasteiger partial charge in [-0.05, 0) is 18.1 Å². The van der Waals surface area contributed by atoms with Crippen molar-refractivity contribution in [3.05, 3.63) is 30.1 Å². The van der Waals surface area contributed by atoms with Gasteiger partial charge in [-0.25, -0.2) is 0 Å². The smallest absolute Gasteiger partial charge is 0.225 e. The van der Waals surface area contributed by atoms with E-state index in [1.54, 1.807) is 6.20 Å². The standard InChI is InChI=1S/C15H23N3O2/c1-2-7-18(12-13-4-3-5-16-10-13)15(19)9-14-11-17-6-8-20-14/h3-5,10,14,17H,2,6-9,11-12H2,1H3. The summed E-state index contributed by atoms with van der Waals surface area (Å²) in [5, 5.41) is 3.26. The number of nitrogens with zero attached hydrogens (tertiary/aromatic N) is 2. The fraction of sp³-hybridized carbons (Fsp3) is 0.600. The summed E-state index contributed by atoms with van der Waals surface area (Å²) in [6.07, 6.45) is 4.97. The van der Waals surface area contributed by atoms with Crippen LogP contribution in [0, 0.1) is 0 Å². The number of pyridine rings is 1. The van der Waals surface area contributed by atoms with Crippen molar-refractivity contribution >= 4 is 5.91 Å². The Morgan fingerprint density at radius 2 is 2.50 bits per heavy atom. The predicted octanol–water partition coefficient (Wildman–Crippen LogP) is 1.20. The van der Waals surface area contributed by atoms with Gasteiger partial charge in [-0.3, -0.25) is 9.78 Å². The Balaban J connectivity index is 1.91. The van der Waals surface area contributed by atoms with E-state index in [2.05, 4.69) is 17.2 Å². The molecule has 0 bridgehead atoms. The highest BCUT2D eigenvalue weighted by Crippen LogP contribution is 2.09. The molecule has 5 nitrogen and oxygen atoms in total.